The highest BCUT2D eigenvalue weighted by Crippen LogP contribution is 2.43. The lowest BCUT2D eigenvalue weighted by atomic mass is 10.0. The Labute approximate surface area is 230 Å². The molecule has 7 rings (SSSR count). The van der Waals surface area contributed by atoms with Crippen molar-refractivity contribution in [1.29, 1.82) is 0 Å². The lowest BCUT2D eigenvalue weighted by Gasteiger charge is -2.31. The molecule has 2 atom stereocenters. The van der Waals surface area contributed by atoms with Gasteiger partial charge < -0.3 is 19.9 Å². The van der Waals surface area contributed by atoms with E-state index in [1.54, 1.807) is 11.3 Å². The molecule has 3 aromatic heterocycles. The Morgan fingerprint density at radius 1 is 0.895 bits per heavy atom. The van der Waals surface area contributed by atoms with Crippen LogP contribution in [0.1, 0.15) is 23.5 Å². The predicted molar refractivity (Wildman–Crippen MR) is 156 cm³/mol. The summed E-state index contributed by atoms with van der Waals surface area (Å²) >= 11 is 7.65. The van der Waals surface area contributed by atoms with Crippen LogP contribution in [-0.4, -0.2) is 46.0 Å². The summed E-state index contributed by atoms with van der Waals surface area (Å²) in [6.07, 6.45) is 3.92. The van der Waals surface area contributed by atoms with Gasteiger partial charge in [0.05, 0.1) is 40.9 Å². The van der Waals surface area contributed by atoms with Gasteiger partial charge in [-0.15, -0.1) is 0 Å². The Balaban J connectivity index is 1.31. The van der Waals surface area contributed by atoms with E-state index < -0.39 is 0 Å². The monoisotopic (exact) mass is 538 g/mol. The van der Waals surface area contributed by atoms with E-state index in [-0.39, 0.29) is 12.1 Å². The lowest BCUT2D eigenvalue weighted by Crippen LogP contribution is -2.36. The summed E-state index contributed by atoms with van der Waals surface area (Å²) in [5, 5.41) is 5.20. The summed E-state index contributed by atoms with van der Waals surface area (Å²) in [7, 11) is 0. The van der Waals surface area contributed by atoms with Crippen molar-refractivity contribution in [2.45, 2.75) is 12.1 Å². The molecule has 2 aliphatic heterocycles. The van der Waals surface area contributed by atoms with Crippen LogP contribution in [0.25, 0.3) is 15.3 Å². The van der Waals surface area contributed by atoms with Gasteiger partial charge in [0.2, 0.25) is 0 Å². The van der Waals surface area contributed by atoms with Crippen LogP contribution in [0.4, 0.5) is 11.4 Å². The van der Waals surface area contributed by atoms with E-state index in [1.807, 2.05) is 24.4 Å². The van der Waals surface area contributed by atoms with Crippen molar-refractivity contribution < 1.29 is 4.74 Å². The number of aromatic nitrogens is 3. The van der Waals surface area contributed by atoms with Crippen LogP contribution in [0.15, 0.2) is 91.3 Å². The number of pyridine rings is 1. The van der Waals surface area contributed by atoms with Crippen LogP contribution < -0.4 is 15.1 Å². The number of nitrogens with one attached hydrogen (secondary N) is 1. The number of nitrogens with zero attached hydrogens (tertiary/aromatic N) is 5. The molecule has 0 aliphatic carbocycles. The Hall–Kier alpha value is -3.79. The first-order valence-corrected chi connectivity index (χ1v) is 14.0. The normalized spacial score (nSPS) is 19.7. The minimum Gasteiger partial charge on any atom is -0.378 e. The molecule has 0 unspecified atom stereocenters. The molecule has 0 saturated carbocycles. The van der Waals surface area contributed by atoms with E-state index >= 15 is 0 Å². The Morgan fingerprint density at radius 2 is 1.68 bits per heavy atom. The maximum absolute atomic E-state index is 5.96. The zero-order chi connectivity index (χ0) is 25.5. The third-order valence-corrected chi connectivity index (χ3v) is 8.52. The van der Waals surface area contributed by atoms with Crippen molar-refractivity contribution in [3.63, 3.8) is 0 Å². The fraction of sp³-hybridized carbons (Fsp3) is 0.207. The SMILES string of the molecule is S=C1N[C@H](c2ccccn2)[C@H](c2cccn2-c2nc3ccccc3s2)N1c1ccc(N2CCOCC2)cc1. The molecule has 2 aliphatic rings. The molecule has 5 aromatic rings. The molecule has 38 heavy (non-hydrogen) atoms. The zero-order valence-corrected chi connectivity index (χ0v) is 22.2. The molecule has 0 spiro atoms. The standard InChI is InChI=1S/C29H26N6OS2/c37-28-32-26(23-7-3-4-14-30-23)27(35(28)21-12-10-20(11-13-21)33-16-18-36-19-17-33)24-8-5-15-34(24)29-31-22-6-1-2-9-25(22)38-29/h1-15,26-27H,16-19H2,(H,32,37)/t26-,27+/m1/s1. The molecule has 5 heterocycles. The van der Waals surface area contributed by atoms with Crippen molar-refractivity contribution in [1.82, 2.24) is 19.9 Å². The second-order valence-corrected chi connectivity index (χ2v) is 10.8. The largest absolute Gasteiger partial charge is 0.378 e. The van der Waals surface area contributed by atoms with Gasteiger partial charge in [0.25, 0.3) is 0 Å². The molecule has 0 radical (unpaired) electrons. The second-order valence-electron chi connectivity index (χ2n) is 9.38. The molecule has 2 fully saturated rings. The third-order valence-electron chi connectivity index (χ3n) is 7.17. The number of ether oxygens (including phenoxy) is 1. The van der Waals surface area contributed by atoms with E-state index in [4.69, 9.17) is 26.9 Å². The summed E-state index contributed by atoms with van der Waals surface area (Å²) in [4.78, 5) is 14.2. The van der Waals surface area contributed by atoms with Crippen molar-refractivity contribution in [2.24, 2.45) is 0 Å². The van der Waals surface area contributed by atoms with E-state index in [2.05, 4.69) is 86.5 Å². The average Bonchev–Trinajstić information content (AvgIpc) is 3.70. The van der Waals surface area contributed by atoms with Gasteiger partial charge in [-0.1, -0.05) is 29.5 Å². The highest BCUT2D eigenvalue weighted by Gasteiger charge is 2.42. The van der Waals surface area contributed by atoms with Crippen molar-refractivity contribution >= 4 is 50.3 Å². The summed E-state index contributed by atoms with van der Waals surface area (Å²) in [6, 6.07) is 27.0. The maximum atomic E-state index is 5.96. The molecule has 9 heteroatoms. The van der Waals surface area contributed by atoms with Gasteiger partial charge in [-0.25, -0.2) is 4.98 Å². The Bertz CT molecular complexity index is 1540. The molecule has 1 N–H and O–H groups in total. The number of thiocarbonyl (C=S) groups is 1. The van der Waals surface area contributed by atoms with Crippen LogP contribution in [0, 0.1) is 0 Å². The van der Waals surface area contributed by atoms with Gasteiger partial charge in [0, 0.05) is 36.9 Å². The summed E-state index contributed by atoms with van der Waals surface area (Å²) in [5.74, 6) is 0. The summed E-state index contributed by atoms with van der Waals surface area (Å²) in [6.45, 7) is 3.34. The van der Waals surface area contributed by atoms with Crippen LogP contribution >= 0.6 is 23.6 Å². The highest BCUT2D eigenvalue weighted by molar-refractivity contribution is 7.80. The van der Waals surface area contributed by atoms with Crippen LogP contribution in [0.5, 0.6) is 0 Å². The first kappa shape index (κ1) is 23.3. The first-order chi connectivity index (χ1) is 18.8. The number of fused-ring (bicyclic) bond motifs is 1. The highest BCUT2D eigenvalue weighted by atomic mass is 32.1. The second kappa shape index (κ2) is 9.83. The number of hydrogen-bond acceptors (Lipinski definition) is 6. The van der Waals surface area contributed by atoms with E-state index in [0.717, 1.165) is 54.0 Å². The van der Waals surface area contributed by atoms with Gasteiger partial charge in [-0.05, 0) is 72.9 Å². The quantitative estimate of drug-likeness (QED) is 0.297. The predicted octanol–water partition coefficient (Wildman–Crippen LogP) is 5.50. The average molecular weight is 539 g/mol. The molecule has 2 saturated heterocycles. The molecule has 0 amide bonds. The topological polar surface area (TPSA) is 58.5 Å². The molecule has 0 bridgehead atoms. The lowest BCUT2D eigenvalue weighted by molar-refractivity contribution is 0.122. The summed E-state index contributed by atoms with van der Waals surface area (Å²) < 4.78 is 8.88. The fourth-order valence-electron chi connectivity index (χ4n) is 5.35. The van der Waals surface area contributed by atoms with E-state index in [0.29, 0.717) is 5.11 Å². The maximum Gasteiger partial charge on any atom is 0.194 e. The third kappa shape index (κ3) is 4.13. The number of morpholine rings is 1. The van der Waals surface area contributed by atoms with Crippen molar-refractivity contribution in [3.8, 4) is 5.13 Å². The smallest absolute Gasteiger partial charge is 0.194 e. The number of benzene rings is 2. The number of anilines is 2. The number of thiazole rings is 1. The van der Waals surface area contributed by atoms with Gasteiger partial charge >= 0.3 is 0 Å². The first-order valence-electron chi connectivity index (χ1n) is 12.7. The molecule has 7 nitrogen and oxygen atoms in total. The van der Waals surface area contributed by atoms with Gasteiger partial charge in [-0.2, -0.15) is 0 Å². The Morgan fingerprint density at radius 3 is 2.47 bits per heavy atom. The van der Waals surface area contributed by atoms with Gasteiger partial charge in [0.1, 0.15) is 6.04 Å². The van der Waals surface area contributed by atoms with Gasteiger partial charge in [0.15, 0.2) is 10.2 Å². The van der Waals surface area contributed by atoms with Crippen LogP contribution in [0.3, 0.4) is 0 Å². The van der Waals surface area contributed by atoms with Crippen LogP contribution in [0.2, 0.25) is 0 Å². The molecular formula is C29H26N6OS2. The Kier molecular flexibility index (Phi) is 6.04. The number of hydrogen-bond donors (Lipinski definition) is 1. The molecule has 190 valence electrons. The fourth-order valence-corrected chi connectivity index (χ4v) is 6.67. The zero-order valence-electron chi connectivity index (χ0n) is 20.6. The van der Waals surface area contributed by atoms with Crippen molar-refractivity contribution in [3.05, 3.63) is 103 Å². The summed E-state index contributed by atoms with van der Waals surface area (Å²) in [5.41, 5.74) is 5.29. The van der Waals surface area contributed by atoms with Crippen molar-refractivity contribution in [2.75, 3.05) is 36.1 Å². The van der Waals surface area contributed by atoms with E-state index in [1.165, 1.54) is 10.4 Å². The number of para-hydroxylation sites is 1. The minimum absolute atomic E-state index is 0.117. The minimum atomic E-state index is -0.120. The molecular weight excluding hydrogens is 512 g/mol. The van der Waals surface area contributed by atoms with Crippen LogP contribution in [-0.2, 0) is 4.74 Å². The van der Waals surface area contributed by atoms with Gasteiger partial charge in [-0.3, -0.25) is 9.55 Å². The number of rotatable bonds is 5. The molecule has 2 aromatic carbocycles. The van der Waals surface area contributed by atoms with E-state index in [9.17, 15) is 0 Å².